The highest BCUT2D eigenvalue weighted by molar-refractivity contribution is 5.49. The van der Waals surface area contributed by atoms with Crippen LogP contribution in [0.2, 0.25) is 0 Å². The number of pyridine rings is 1. The Labute approximate surface area is 124 Å². The molecule has 0 saturated carbocycles. The van der Waals surface area contributed by atoms with E-state index in [1.54, 1.807) is 12.3 Å². The van der Waals surface area contributed by atoms with Crippen LogP contribution in [-0.4, -0.2) is 11.6 Å². The summed E-state index contributed by atoms with van der Waals surface area (Å²) in [7, 11) is 0. The van der Waals surface area contributed by atoms with Gasteiger partial charge in [0.1, 0.15) is 5.82 Å². The van der Waals surface area contributed by atoms with Crippen molar-refractivity contribution in [1.29, 1.82) is 0 Å². The maximum atomic E-state index is 13.9. The number of nitrogens with two attached hydrogens (primary N) is 1. The first-order valence-electron chi connectivity index (χ1n) is 7.03. The molecule has 0 amide bonds. The highest BCUT2D eigenvalue weighted by Crippen LogP contribution is 2.22. The quantitative estimate of drug-likeness (QED) is 0.822. The van der Waals surface area contributed by atoms with Gasteiger partial charge in [-0.15, -0.1) is 0 Å². The predicted octanol–water partition coefficient (Wildman–Crippen LogP) is 3.08. The van der Waals surface area contributed by atoms with Crippen LogP contribution < -0.4 is 15.8 Å². The molecule has 0 bridgehead atoms. The second-order valence-electron chi connectivity index (χ2n) is 4.68. The summed E-state index contributed by atoms with van der Waals surface area (Å²) in [6, 6.07) is 8.68. The third-order valence-corrected chi connectivity index (χ3v) is 3.03. The summed E-state index contributed by atoms with van der Waals surface area (Å²) >= 11 is 0. The Bertz CT molecular complexity index is 589. The number of anilines is 1. The Balaban J connectivity index is 2.06. The van der Waals surface area contributed by atoms with Crippen LogP contribution in [-0.2, 0) is 13.1 Å². The molecule has 3 N–H and O–H groups in total. The summed E-state index contributed by atoms with van der Waals surface area (Å²) in [5.74, 6) is 1.03. The molecule has 0 saturated heterocycles. The Morgan fingerprint density at radius 3 is 2.90 bits per heavy atom. The third-order valence-electron chi connectivity index (χ3n) is 3.03. The van der Waals surface area contributed by atoms with E-state index in [1.807, 2.05) is 25.1 Å². The van der Waals surface area contributed by atoms with Crippen molar-refractivity contribution in [2.24, 2.45) is 5.73 Å². The number of rotatable bonds is 7. The van der Waals surface area contributed by atoms with Crippen LogP contribution in [0.1, 0.15) is 24.5 Å². The molecule has 2 rings (SSSR count). The summed E-state index contributed by atoms with van der Waals surface area (Å²) in [5, 5.41) is 3.11. The lowest BCUT2D eigenvalue weighted by molar-refractivity contribution is 0.318. The van der Waals surface area contributed by atoms with Crippen molar-refractivity contribution in [3.05, 3.63) is 53.5 Å². The van der Waals surface area contributed by atoms with Crippen LogP contribution >= 0.6 is 0 Å². The Hall–Kier alpha value is -2.14. The van der Waals surface area contributed by atoms with E-state index in [-0.39, 0.29) is 5.82 Å². The van der Waals surface area contributed by atoms with Gasteiger partial charge in [-0.25, -0.2) is 9.37 Å². The van der Waals surface area contributed by atoms with E-state index in [0.717, 1.165) is 12.0 Å². The van der Waals surface area contributed by atoms with Crippen LogP contribution in [0.3, 0.4) is 0 Å². The van der Waals surface area contributed by atoms with Gasteiger partial charge in [0, 0.05) is 24.8 Å². The largest absolute Gasteiger partial charge is 0.490 e. The molecule has 1 heterocycles. The lowest BCUT2D eigenvalue weighted by Gasteiger charge is -2.12. The minimum Gasteiger partial charge on any atom is -0.490 e. The van der Waals surface area contributed by atoms with Crippen LogP contribution in [0, 0.1) is 5.82 Å². The zero-order valence-electron chi connectivity index (χ0n) is 12.1. The first-order chi connectivity index (χ1) is 10.2. The molecule has 0 aliphatic carbocycles. The Kier molecular flexibility index (Phi) is 5.51. The number of nitrogens with zero attached hydrogens (tertiary/aromatic N) is 1. The van der Waals surface area contributed by atoms with Crippen molar-refractivity contribution in [1.82, 2.24) is 4.98 Å². The summed E-state index contributed by atoms with van der Waals surface area (Å²) in [6.45, 7) is 3.34. The Morgan fingerprint density at radius 2 is 2.19 bits per heavy atom. The standard InChI is InChI=1S/C16H20FN3O/c1-2-8-21-15-4-3-7-19-16(15)20-11-13-6-5-12(10-18)9-14(13)17/h3-7,9H,2,8,10-11,18H2,1H3,(H,19,20). The lowest BCUT2D eigenvalue weighted by Crippen LogP contribution is -2.07. The molecule has 0 atom stereocenters. The van der Waals surface area contributed by atoms with E-state index in [1.165, 1.54) is 6.07 Å². The molecule has 1 aromatic heterocycles. The molecule has 0 aliphatic rings. The average Bonchev–Trinajstić information content (AvgIpc) is 2.52. The van der Waals surface area contributed by atoms with Gasteiger partial charge in [-0.1, -0.05) is 19.1 Å². The van der Waals surface area contributed by atoms with E-state index in [0.29, 0.717) is 36.8 Å². The highest BCUT2D eigenvalue weighted by atomic mass is 19.1. The summed E-state index contributed by atoms with van der Waals surface area (Å²) in [6.07, 6.45) is 2.60. The topological polar surface area (TPSA) is 60.2 Å². The molecular weight excluding hydrogens is 269 g/mol. The smallest absolute Gasteiger partial charge is 0.169 e. The molecule has 0 unspecified atom stereocenters. The van der Waals surface area contributed by atoms with Crippen molar-refractivity contribution in [3.63, 3.8) is 0 Å². The molecule has 112 valence electrons. The van der Waals surface area contributed by atoms with Gasteiger partial charge in [-0.05, 0) is 30.2 Å². The van der Waals surface area contributed by atoms with Gasteiger partial charge in [0.25, 0.3) is 0 Å². The molecule has 0 aliphatic heterocycles. The fourth-order valence-electron chi connectivity index (χ4n) is 1.89. The van der Waals surface area contributed by atoms with Crippen molar-refractivity contribution in [3.8, 4) is 5.75 Å². The average molecular weight is 289 g/mol. The van der Waals surface area contributed by atoms with Crippen molar-refractivity contribution >= 4 is 5.82 Å². The van der Waals surface area contributed by atoms with Crippen molar-refractivity contribution in [2.75, 3.05) is 11.9 Å². The van der Waals surface area contributed by atoms with E-state index < -0.39 is 0 Å². The number of nitrogens with one attached hydrogen (secondary N) is 1. The molecule has 0 radical (unpaired) electrons. The second kappa shape index (κ2) is 7.59. The lowest BCUT2D eigenvalue weighted by atomic mass is 10.1. The van der Waals surface area contributed by atoms with Gasteiger partial charge in [0.15, 0.2) is 11.6 Å². The van der Waals surface area contributed by atoms with E-state index in [2.05, 4.69) is 10.3 Å². The normalized spacial score (nSPS) is 10.4. The van der Waals surface area contributed by atoms with Gasteiger partial charge in [-0.2, -0.15) is 0 Å². The minimum absolute atomic E-state index is 0.266. The molecule has 0 spiro atoms. The van der Waals surface area contributed by atoms with Gasteiger partial charge < -0.3 is 15.8 Å². The maximum Gasteiger partial charge on any atom is 0.169 e. The zero-order valence-corrected chi connectivity index (χ0v) is 12.1. The molecule has 0 fully saturated rings. The number of ether oxygens (including phenoxy) is 1. The fraction of sp³-hybridized carbons (Fsp3) is 0.312. The minimum atomic E-state index is -0.266. The van der Waals surface area contributed by atoms with Crippen LogP contribution in [0.4, 0.5) is 10.2 Å². The zero-order chi connectivity index (χ0) is 15.1. The van der Waals surface area contributed by atoms with Crippen molar-refractivity contribution < 1.29 is 9.13 Å². The number of aromatic nitrogens is 1. The van der Waals surface area contributed by atoms with E-state index in [4.69, 9.17) is 10.5 Å². The number of hydrogen-bond acceptors (Lipinski definition) is 4. The summed E-state index contributed by atoms with van der Waals surface area (Å²) < 4.78 is 19.5. The maximum absolute atomic E-state index is 13.9. The monoisotopic (exact) mass is 289 g/mol. The van der Waals surface area contributed by atoms with Crippen molar-refractivity contribution in [2.45, 2.75) is 26.4 Å². The molecule has 4 nitrogen and oxygen atoms in total. The first-order valence-corrected chi connectivity index (χ1v) is 7.03. The number of benzene rings is 1. The molecule has 1 aromatic carbocycles. The third kappa shape index (κ3) is 4.16. The van der Waals surface area contributed by atoms with Crippen LogP contribution in [0.15, 0.2) is 36.5 Å². The summed E-state index contributed by atoms with van der Waals surface area (Å²) in [4.78, 5) is 4.23. The highest BCUT2D eigenvalue weighted by Gasteiger charge is 2.07. The molecule has 21 heavy (non-hydrogen) atoms. The fourth-order valence-corrected chi connectivity index (χ4v) is 1.89. The molecular formula is C16H20FN3O. The first kappa shape index (κ1) is 15.3. The Morgan fingerprint density at radius 1 is 1.33 bits per heavy atom. The number of hydrogen-bond donors (Lipinski definition) is 2. The van der Waals surface area contributed by atoms with Gasteiger partial charge in [-0.3, -0.25) is 0 Å². The van der Waals surface area contributed by atoms with Gasteiger partial charge >= 0.3 is 0 Å². The number of halogens is 1. The molecule has 2 aromatic rings. The predicted molar refractivity (Wildman–Crippen MR) is 81.6 cm³/mol. The second-order valence-corrected chi connectivity index (χ2v) is 4.68. The van der Waals surface area contributed by atoms with E-state index in [9.17, 15) is 4.39 Å². The van der Waals surface area contributed by atoms with Gasteiger partial charge in [0.05, 0.1) is 6.61 Å². The van der Waals surface area contributed by atoms with Gasteiger partial charge in [0.2, 0.25) is 0 Å². The summed E-state index contributed by atoms with van der Waals surface area (Å²) in [5.41, 5.74) is 6.84. The SMILES string of the molecule is CCCOc1cccnc1NCc1ccc(CN)cc1F. The van der Waals surface area contributed by atoms with Crippen LogP contribution in [0.5, 0.6) is 5.75 Å². The van der Waals surface area contributed by atoms with E-state index >= 15 is 0 Å². The van der Waals surface area contributed by atoms with Crippen LogP contribution in [0.25, 0.3) is 0 Å². The molecule has 5 heteroatoms.